The van der Waals surface area contributed by atoms with Crippen LogP contribution >= 0.6 is 0 Å². The SMILES string of the molecule is CC1CN(Cc2ccc(C#N)cc2)CC(C)N1C. The average molecular weight is 243 g/mol. The third-order valence-electron chi connectivity index (χ3n) is 3.92. The topological polar surface area (TPSA) is 30.3 Å². The number of nitriles is 1. The minimum atomic E-state index is 0.604. The molecule has 1 aromatic carbocycles. The maximum atomic E-state index is 8.78. The van der Waals surface area contributed by atoms with Crippen molar-refractivity contribution in [3.8, 4) is 6.07 Å². The van der Waals surface area contributed by atoms with Crippen molar-refractivity contribution in [2.75, 3.05) is 20.1 Å². The number of hydrogen-bond acceptors (Lipinski definition) is 3. The number of nitrogens with zero attached hydrogens (tertiary/aromatic N) is 3. The van der Waals surface area contributed by atoms with E-state index >= 15 is 0 Å². The summed E-state index contributed by atoms with van der Waals surface area (Å²) in [4.78, 5) is 4.94. The molecule has 3 nitrogen and oxygen atoms in total. The first-order chi connectivity index (χ1) is 8.60. The molecule has 1 aromatic rings. The Bertz CT molecular complexity index is 420. The van der Waals surface area contributed by atoms with E-state index in [0.717, 1.165) is 25.2 Å². The van der Waals surface area contributed by atoms with Gasteiger partial charge in [0.1, 0.15) is 0 Å². The summed E-state index contributed by atoms with van der Waals surface area (Å²) >= 11 is 0. The Morgan fingerprint density at radius 1 is 1.17 bits per heavy atom. The van der Waals surface area contributed by atoms with Gasteiger partial charge in [0.15, 0.2) is 0 Å². The fourth-order valence-electron chi connectivity index (χ4n) is 2.59. The molecule has 0 amide bonds. The fourth-order valence-corrected chi connectivity index (χ4v) is 2.59. The number of likely N-dealkylation sites (N-methyl/N-ethyl adjacent to an activating group) is 1. The highest BCUT2D eigenvalue weighted by molar-refractivity contribution is 5.31. The average Bonchev–Trinajstić information content (AvgIpc) is 2.37. The Hall–Kier alpha value is -1.37. The molecule has 3 heteroatoms. The lowest BCUT2D eigenvalue weighted by molar-refractivity contribution is 0.0556. The predicted molar refractivity (Wildman–Crippen MR) is 73.1 cm³/mol. The minimum Gasteiger partial charge on any atom is -0.298 e. The van der Waals surface area contributed by atoms with Gasteiger partial charge in [-0.1, -0.05) is 12.1 Å². The summed E-state index contributed by atoms with van der Waals surface area (Å²) in [5.74, 6) is 0. The van der Waals surface area contributed by atoms with Crippen LogP contribution in [0.2, 0.25) is 0 Å². The third-order valence-corrected chi connectivity index (χ3v) is 3.92. The fraction of sp³-hybridized carbons (Fsp3) is 0.533. The standard InChI is InChI=1S/C15H21N3/c1-12-9-18(10-13(2)17(12)3)11-15-6-4-14(8-16)5-7-15/h4-7,12-13H,9-11H2,1-3H3. The van der Waals surface area contributed by atoms with Crippen LogP contribution in [-0.2, 0) is 6.54 Å². The molecule has 0 N–H and O–H groups in total. The highest BCUT2D eigenvalue weighted by Crippen LogP contribution is 2.16. The number of hydrogen-bond donors (Lipinski definition) is 0. The molecule has 1 heterocycles. The van der Waals surface area contributed by atoms with Gasteiger partial charge in [0.05, 0.1) is 11.6 Å². The van der Waals surface area contributed by atoms with Gasteiger partial charge in [-0.2, -0.15) is 5.26 Å². The van der Waals surface area contributed by atoms with Gasteiger partial charge < -0.3 is 0 Å². The highest BCUT2D eigenvalue weighted by atomic mass is 15.3. The van der Waals surface area contributed by atoms with Crippen LogP contribution in [0.15, 0.2) is 24.3 Å². The van der Waals surface area contributed by atoms with Crippen LogP contribution in [0.3, 0.4) is 0 Å². The summed E-state index contributed by atoms with van der Waals surface area (Å²) in [6.07, 6.45) is 0. The molecule has 0 aliphatic carbocycles. The Balaban J connectivity index is 1.99. The van der Waals surface area contributed by atoms with Crippen LogP contribution < -0.4 is 0 Å². The molecule has 2 unspecified atom stereocenters. The van der Waals surface area contributed by atoms with E-state index in [1.54, 1.807) is 0 Å². The van der Waals surface area contributed by atoms with Crippen molar-refractivity contribution in [3.63, 3.8) is 0 Å². The molecule has 0 saturated carbocycles. The first-order valence-electron chi connectivity index (χ1n) is 6.53. The molecule has 1 saturated heterocycles. The first-order valence-corrected chi connectivity index (χ1v) is 6.53. The van der Waals surface area contributed by atoms with Crippen LogP contribution in [0.4, 0.5) is 0 Å². The van der Waals surface area contributed by atoms with Crippen molar-refractivity contribution in [3.05, 3.63) is 35.4 Å². The van der Waals surface area contributed by atoms with E-state index in [2.05, 4.69) is 48.9 Å². The molecular weight excluding hydrogens is 222 g/mol. The molecule has 1 aliphatic heterocycles. The number of benzene rings is 1. The van der Waals surface area contributed by atoms with Crippen molar-refractivity contribution >= 4 is 0 Å². The second-order valence-corrected chi connectivity index (χ2v) is 5.37. The molecule has 18 heavy (non-hydrogen) atoms. The molecule has 0 spiro atoms. The van der Waals surface area contributed by atoms with Crippen LogP contribution in [0.25, 0.3) is 0 Å². The maximum Gasteiger partial charge on any atom is 0.0991 e. The Kier molecular flexibility index (Phi) is 4.00. The van der Waals surface area contributed by atoms with Crippen LogP contribution in [0.5, 0.6) is 0 Å². The summed E-state index contributed by atoms with van der Waals surface area (Å²) in [5, 5.41) is 8.78. The zero-order valence-corrected chi connectivity index (χ0v) is 11.4. The highest BCUT2D eigenvalue weighted by Gasteiger charge is 2.26. The molecule has 2 rings (SSSR count). The van der Waals surface area contributed by atoms with Crippen LogP contribution in [0.1, 0.15) is 25.0 Å². The van der Waals surface area contributed by atoms with E-state index in [-0.39, 0.29) is 0 Å². The van der Waals surface area contributed by atoms with Gasteiger partial charge in [-0.05, 0) is 38.6 Å². The summed E-state index contributed by atoms with van der Waals surface area (Å²) in [6, 6.07) is 11.3. The Labute approximate surface area is 110 Å². The maximum absolute atomic E-state index is 8.78. The van der Waals surface area contributed by atoms with E-state index in [1.807, 2.05) is 12.1 Å². The largest absolute Gasteiger partial charge is 0.298 e. The lowest BCUT2D eigenvalue weighted by Gasteiger charge is -2.42. The van der Waals surface area contributed by atoms with E-state index in [0.29, 0.717) is 12.1 Å². The summed E-state index contributed by atoms with van der Waals surface area (Å²) in [7, 11) is 2.20. The zero-order chi connectivity index (χ0) is 13.1. The van der Waals surface area contributed by atoms with E-state index in [9.17, 15) is 0 Å². The van der Waals surface area contributed by atoms with Gasteiger partial charge in [-0.15, -0.1) is 0 Å². The van der Waals surface area contributed by atoms with E-state index < -0.39 is 0 Å². The van der Waals surface area contributed by atoms with Gasteiger partial charge in [-0.25, -0.2) is 0 Å². The first kappa shape index (κ1) is 13.1. The Morgan fingerprint density at radius 2 is 1.72 bits per heavy atom. The number of piperazine rings is 1. The lowest BCUT2D eigenvalue weighted by atomic mass is 10.1. The third kappa shape index (κ3) is 2.90. The van der Waals surface area contributed by atoms with Gasteiger partial charge >= 0.3 is 0 Å². The van der Waals surface area contributed by atoms with Crippen LogP contribution in [0, 0.1) is 11.3 Å². The van der Waals surface area contributed by atoms with E-state index in [1.165, 1.54) is 5.56 Å². The van der Waals surface area contributed by atoms with Crippen molar-refractivity contribution in [2.45, 2.75) is 32.5 Å². The molecule has 2 atom stereocenters. The molecule has 0 aromatic heterocycles. The summed E-state index contributed by atoms with van der Waals surface area (Å²) < 4.78 is 0. The molecule has 96 valence electrons. The van der Waals surface area contributed by atoms with Crippen molar-refractivity contribution in [1.29, 1.82) is 5.26 Å². The number of rotatable bonds is 2. The smallest absolute Gasteiger partial charge is 0.0991 e. The second-order valence-electron chi connectivity index (χ2n) is 5.37. The molecule has 0 radical (unpaired) electrons. The van der Waals surface area contributed by atoms with Crippen LogP contribution in [-0.4, -0.2) is 42.0 Å². The molecule has 1 fully saturated rings. The second kappa shape index (κ2) is 5.51. The van der Waals surface area contributed by atoms with E-state index in [4.69, 9.17) is 5.26 Å². The lowest BCUT2D eigenvalue weighted by Crippen LogP contribution is -2.54. The molecule has 1 aliphatic rings. The predicted octanol–water partition coefficient (Wildman–Crippen LogP) is 2.08. The normalized spacial score (nSPS) is 25.9. The summed E-state index contributed by atoms with van der Waals surface area (Å²) in [5.41, 5.74) is 2.02. The van der Waals surface area contributed by atoms with Gasteiger partial charge in [0, 0.05) is 31.7 Å². The Morgan fingerprint density at radius 3 is 2.22 bits per heavy atom. The quantitative estimate of drug-likeness (QED) is 0.796. The van der Waals surface area contributed by atoms with Gasteiger partial charge in [0.25, 0.3) is 0 Å². The van der Waals surface area contributed by atoms with Gasteiger partial charge in [-0.3, -0.25) is 9.80 Å². The zero-order valence-electron chi connectivity index (χ0n) is 11.4. The van der Waals surface area contributed by atoms with Gasteiger partial charge in [0.2, 0.25) is 0 Å². The van der Waals surface area contributed by atoms with Crippen molar-refractivity contribution in [1.82, 2.24) is 9.80 Å². The summed E-state index contributed by atoms with van der Waals surface area (Å²) in [6.45, 7) is 7.76. The molecule has 0 bridgehead atoms. The minimum absolute atomic E-state index is 0.604. The monoisotopic (exact) mass is 243 g/mol. The molecular formula is C15H21N3. The van der Waals surface area contributed by atoms with Crippen molar-refractivity contribution < 1.29 is 0 Å². The van der Waals surface area contributed by atoms with Crippen molar-refractivity contribution in [2.24, 2.45) is 0 Å².